The molecule has 0 aliphatic carbocycles. The highest BCUT2D eigenvalue weighted by molar-refractivity contribution is 5.66. The fourth-order valence-electron chi connectivity index (χ4n) is 4.37. The van der Waals surface area contributed by atoms with E-state index < -0.39 is 17.8 Å². The van der Waals surface area contributed by atoms with Crippen LogP contribution in [-0.2, 0) is 12.7 Å². The molecule has 4 nitrogen and oxygen atoms in total. The van der Waals surface area contributed by atoms with E-state index in [1.54, 1.807) is 6.07 Å². The summed E-state index contributed by atoms with van der Waals surface area (Å²) in [5.41, 5.74) is 0.578. The van der Waals surface area contributed by atoms with Crippen molar-refractivity contribution in [2.24, 2.45) is 5.41 Å². The monoisotopic (exact) mass is 434 g/mol. The van der Waals surface area contributed by atoms with Gasteiger partial charge < -0.3 is 14.9 Å². The topological polar surface area (TPSA) is 43.8 Å². The van der Waals surface area contributed by atoms with Gasteiger partial charge in [-0.05, 0) is 48.1 Å². The van der Waals surface area contributed by atoms with Crippen molar-refractivity contribution in [2.75, 3.05) is 11.4 Å². The molecule has 168 valence electrons. The average molecular weight is 435 g/mol. The first kappa shape index (κ1) is 23.0. The van der Waals surface area contributed by atoms with Crippen molar-refractivity contribution in [3.63, 3.8) is 0 Å². The van der Waals surface area contributed by atoms with Crippen molar-refractivity contribution in [1.29, 1.82) is 0 Å². The SMILES string of the molecule is CC(C)(C)C1CC(N(Cc2cccc(C(F)(F)F)c2)c2ccccc2)CCN1C(=O)O. The molecule has 0 saturated carbocycles. The fourth-order valence-corrected chi connectivity index (χ4v) is 4.37. The van der Waals surface area contributed by atoms with Gasteiger partial charge in [0.05, 0.1) is 5.56 Å². The van der Waals surface area contributed by atoms with Gasteiger partial charge in [0.1, 0.15) is 0 Å². The molecular formula is C24H29F3N2O2. The van der Waals surface area contributed by atoms with Gasteiger partial charge in [-0.25, -0.2) is 4.79 Å². The van der Waals surface area contributed by atoms with E-state index in [0.717, 1.165) is 11.8 Å². The largest absolute Gasteiger partial charge is 0.465 e. The molecule has 7 heteroatoms. The third-order valence-electron chi connectivity index (χ3n) is 5.96. The Kier molecular flexibility index (Phi) is 6.53. The van der Waals surface area contributed by atoms with Crippen molar-refractivity contribution < 1.29 is 23.1 Å². The molecule has 2 aromatic rings. The first-order chi connectivity index (χ1) is 14.5. The number of likely N-dealkylation sites (tertiary alicyclic amines) is 1. The third kappa shape index (κ3) is 5.51. The van der Waals surface area contributed by atoms with E-state index in [0.29, 0.717) is 31.5 Å². The minimum Gasteiger partial charge on any atom is -0.465 e. The predicted octanol–water partition coefficient (Wildman–Crippen LogP) is 6.27. The summed E-state index contributed by atoms with van der Waals surface area (Å²) >= 11 is 0. The van der Waals surface area contributed by atoms with Gasteiger partial charge in [-0.1, -0.05) is 51.1 Å². The number of alkyl halides is 3. The highest BCUT2D eigenvalue weighted by Crippen LogP contribution is 2.36. The van der Waals surface area contributed by atoms with Gasteiger partial charge in [0.2, 0.25) is 0 Å². The number of carboxylic acid groups (broad SMARTS) is 1. The van der Waals surface area contributed by atoms with Gasteiger partial charge in [-0.15, -0.1) is 0 Å². The zero-order valence-corrected chi connectivity index (χ0v) is 18.1. The van der Waals surface area contributed by atoms with Crippen molar-refractivity contribution in [1.82, 2.24) is 4.90 Å². The number of amides is 1. The van der Waals surface area contributed by atoms with Crippen molar-refractivity contribution >= 4 is 11.8 Å². The second-order valence-electron chi connectivity index (χ2n) is 9.20. The van der Waals surface area contributed by atoms with Gasteiger partial charge in [0.15, 0.2) is 0 Å². The molecule has 2 atom stereocenters. The summed E-state index contributed by atoms with van der Waals surface area (Å²) < 4.78 is 39.6. The summed E-state index contributed by atoms with van der Waals surface area (Å²) in [6, 6.07) is 14.9. The summed E-state index contributed by atoms with van der Waals surface area (Å²) in [7, 11) is 0. The molecule has 0 aromatic heterocycles. The summed E-state index contributed by atoms with van der Waals surface area (Å²) in [6.07, 6.45) is -4.09. The van der Waals surface area contributed by atoms with Crippen LogP contribution in [0.25, 0.3) is 0 Å². The first-order valence-corrected chi connectivity index (χ1v) is 10.4. The summed E-state index contributed by atoms with van der Waals surface area (Å²) in [4.78, 5) is 15.4. The zero-order valence-electron chi connectivity index (χ0n) is 18.1. The Morgan fingerprint density at radius 1 is 1.10 bits per heavy atom. The Labute approximate surface area is 181 Å². The number of benzene rings is 2. The highest BCUT2D eigenvalue weighted by Gasteiger charge is 2.40. The fraction of sp³-hybridized carbons (Fsp3) is 0.458. The van der Waals surface area contributed by atoms with Crippen LogP contribution in [0.2, 0.25) is 0 Å². The maximum atomic E-state index is 13.2. The smallest absolute Gasteiger partial charge is 0.416 e. The third-order valence-corrected chi connectivity index (χ3v) is 5.96. The van der Waals surface area contributed by atoms with E-state index in [1.165, 1.54) is 17.0 Å². The van der Waals surface area contributed by atoms with Crippen LogP contribution in [0.3, 0.4) is 0 Å². The van der Waals surface area contributed by atoms with Crippen LogP contribution in [0.4, 0.5) is 23.7 Å². The number of hydrogen-bond donors (Lipinski definition) is 1. The van der Waals surface area contributed by atoms with Gasteiger partial charge in [0, 0.05) is 30.9 Å². The van der Waals surface area contributed by atoms with E-state index in [1.807, 2.05) is 51.1 Å². The standard InChI is InChI=1S/C24H29F3N2O2/c1-23(2,3)21-15-20(12-13-28(21)22(30)31)29(19-10-5-4-6-11-19)16-17-8-7-9-18(14-17)24(25,26)27/h4-11,14,20-21H,12-13,15-16H2,1-3H3,(H,30,31). The molecule has 1 aliphatic heterocycles. The molecule has 0 bridgehead atoms. The summed E-state index contributed by atoms with van der Waals surface area (Å²) in [5.74, 6) is 0. The number of nitrogens with zero attached hydrogens (tertiary/aromatic N) is 2. The molecule has 1 N–H and O–H groups in total. The Morgan fingerprint density at radius 2 is 1.77 bits per heavy atom. The molecule has 2 unspecified atom stereocenters. The van der Waals surface area contributed by atoms with Gasteiger partial charge in [0.25, 0.3) is 0 Å². The van der Waals surface area contributed by atoms with Gasteiger partial charge in [-0.2, -0.15) is 13.2 Å². The molecule has 1 saturated heterocycles. The van der Waals surface area contributed by atoms with Crippen LogP contribution < -0.4 is 4.90 Å². The lowest BCUT2D eigenvalue weighted by Gasteiger charge is -2.48. The lowest BCUT2D eigenvalue weighted by Crippen LogP contribution is -2.56. The van der Waals surface area contributed by atoms with Crippen molar-refractivity contribution in [2.45, 2.75) is 58.4 Å². The Balaban J connectivity index is 1.93. The first-order valence-electron chi connectivity index (χ1n) is 10.4. The second-order valence-corrected chi connectivity index (χ2v) is 9.20. The number of rotatable bonds is 4. The lowest BCUT2D eigenvalue weighted by molar-refractivity contribution is -0.137. The second kappa shape index (κ2) is 8.81. The van der Waals surface area contributed by atoms with Crippen LogP contribution in [0.5, 0.6) is 0 Å². The zero-order chi connectivity index (χ0) is 22.8. The number of anilines is 1. The number of carbonyl (C=O) groups is 1. The quantitative estimate of drug-likeness (QED) is 0.617. The van der Waals surface area contributed by atoms with Crippen molar-refractivity contribution in [3.05, 3.63) is 65.7 Å². The molecule has 2 aromatic carbocycles. The molecule has 31 heavy (non-hydrogen) atoms. The predicted molar refractivity (Wildman–Crippen MR) is 115 cm³/mol. The highest BCUT2D eigenvalue weighted by atomic mass is 19.4. The van der Waals surface area contributed by atoms with E-state index in [4.69, 9.17) is 0 Å². The molecular weight excluding hydrogens is 405 g/mol. The van der Waals surface area contributed by atoms with E-state index in [9.17, 15) is 23.1 Å². The molecule has 1 fully saturated rings. The normalized spacial score (nSPS) is 19.9. The van der Waals surface area contributed by atoms with Crippen molar-refractivity contribution in [3.8, 4) is 0 Å². The molecule has 0 radical (unpaired) electrons. The number of piperidine rings is 1. The van der Waals surface area contributed by atoms with E-state index in [-0.39, 0.29) is 17.5 Å². The summed E-state index contributed by atoms with van der Waals surface area (Å²) in [6.45, 7) is 6.79. The number of hydrogen-bond acceptors (Lipinski definition) is 2. The Hall–Kier alpha value is -2.70. The molecule has 1 aliphatic rings. The molecule has 3 rings (SSSR count). The minimum atomic E-state index is -4.39. The minimum absolute atomic E-state index is 0.0109. The van der Waals surface area contributed by atoms with Gasteiger partial charge >= 0.3 is 12.3 Å². The van der Waals surface area contributed by atoms with Crippen LogP contribution in [0.1, 0.15) is 44.7 Å². The Morgan fingerprint density at radius 3 is 2.35 bits per heavy atom. The van der Waals surface area contributed by atoms with E-state index in [2.05, 4.69) is 4.90 Å². The van der Waals surface area contributed by atoms with Crippen LogP contribution in [0, 0.1) is 5.41 Å². The Bertz CT molecular complexity index is 894. The van der Waals surface area contributed by atoms with E-state index >= 15 is 0 Å². The van der Waals surface area contributed by atoms with Crippen LogP contribution >= 0.6 is 0 Å². The molecule has 1 amide bonds. The maximum absolute atomic E-state index is 13.2. The van der Waals surface area contributed by atoms with Crippen LogP contribution in [-0.4, -0.2) is 34.7 Å². The number of halogens is 3. The average Bonchev–Trinajstić information content (AvgIpc) is 2.71. The summed E-state index contributed by atoms with van der Waals surface area (Å²) in [5, 5.41) is 9.66. The molecule has 1 heterocycles. The lowest BCUT2D eigenvalue weighted by atomic mass is 9.78. The maximum Gasteiger partial charge on any atom is 0.416 e. The van der Waals surface area contributed by atoms with Gasteiger partial charge in [-0.3, -0.25) is 0 Å². The molecule has 0 spiro atoms. The van der Waals surface area contributed by atoms with Crippen LogP contribution in [0.15, 0.2) is 54.6 Å². The number of para-hydroxylation sites is 1.